The maximum atomic E-state index is 12.0. The predicted octanol–water partition coefficient (Wildman–Crippen LogP) is 1.54. The Bertz CT molecular complexity index is 260. The Morgan fingerprint density at radius 3 is 2.80 bits per heavy atom. The molecule has 0 bridgehead atoms. The fraction of sp³-hybridized carbons (Fsp3) is 0.750. The second kappa shape index (κ2) is 5.31. The Labute approximate surface area is 92.3 Å². The van der Waals surface area contributed by atoms with Crippen molar-refractivity contribution in [2.45, 2.75) is 39.7 Å². The smallest absolute Gasteiger partial charge is 0.240 e. The second-order valence-corrected chi connectivity index (χ2v) is 4.50. The third-order valence-corrected chi connectivity index (χ3v) is 3.29. The summed E-state index contributed by atoms with van der Waals surface area (Å²) in [6.45, 7) is 7.77. The van der Waals surface area contributed by atoms with Crippen LogP contribution in [0.5, 0.6) is 0 Å². The Kier molecular flexibility index (Phi) is 4.33. The van der Waals surface area contributed by atoms with E-state index in [1.54, 1.807) is 0 Å². The van der Waals surface area contributed by atoms with Gasteiger partial charge in [-0.3, -0.25) is 4.79 Å². The van der Waals surface area contributed by atoms with Crippen LogP contribution in [0.25, 0.3) is 0 Å². The molecule has 3 heteroatoms. The molecule has 1 rings (SSSR count). The van der Waals surface area contributed by atoms with Gasteiger partial charge >= 0.3 is 0 Å². The van der Waals surface area contributed by atoms with Crippen LogP contribution in [-0.2, 0) is 4.79 Å². The van der Waals surface area contributed by atoms with Crippen molar-refractivity contribution in [1.82, 2.24) is 4.90 Å². The van der Waals surface area contributed by atoms with Gasteiger partial charge in [-0.05, 0) is 19.3 Å². The predicted molar refractivity (Wildman–Crippen MR) is 62.4 cm³/mol. The number of nitrogens with zero attached hydrogens (tertiary/aromatic N) is 1. The minimum atomic E-state index is -0.332. The molecule has 1 heterocycles. The van der Waals surface area contributed by atoms with Crippen LogP contribution in [0.4, 0.5) is 0 Å². The van der Waals surface area contributed by atoms with E-state index in [-0.39, 0.29) is 17.9 Å². The maximum absolute atomic E-state index is 12.0. The van der Waals surface area contributed by atoms with Crippen molar-refractivity contribution in [2.75, 3.05) is 13.1 Å². The van der Waals surface area contributed by atoms with E-state index in [4.69, 9.17) is 5.73 Å². The van der Waals surface area contributed by atoms with Crippen molar-refractivity contribution in [3.8, 4) is 0 Å². The molecule has 2 N–H and O–H groups in total. The van der Waals surface area contributed by atoms with E-state index in [0.717, 1.165) is 25.9 Å². The summed E-state index contributed by atoms with van der Waals surface area (Å²) in [7, 11) is 0. The second-order valence-electron chi connectivity index (χ2n) is 4.50. The molecule has 0 saturated heterocycles. The number of rotatable bonds is 3. The molecule has 2 unspecified atom stereocenters. The van der Waals surface area contributed by atoms with Crippen molar-refractivity contribution in [1.29, 1.82) is 0 Å². The third-order valence-electron chi connectivity index (χ3n) is 3.29. The number of carbonyl (C=O) groups is 1. The SMILES string of the molecule is CCC(C)C(N)C(=O)N1CC=C(C)CC1. The molecule has 0 spiro atoms. The van der Waals surface area contributed by atoms with Gasteiger partial charge in [-0.15, -0.1) is 0 Å². The van der Waals surface area contributed by atoms with Crippen molar-refractivity contribution in [2.24, 2.45) is 11.7 Å². The monoisotopic (exact) mass is 210 g/mol. The lowest BCUT2D eigenvalue weighted by Crippen LogP contribution is -2.48. The Balaban J connectivity index is 2.54. The number of amides is 1. The molecule has 1 aliphatic rings. The molecule has 0 aromatic heterocycles. The molecular weight excluding hydrogens is 188 g/mol. The summed E-state index contributed by atoms with van der Waals surface area (Å²) >= 11 is 0. The van der Waals surface area contributed by atoms with E-state index in [2.05, 4.69) is 19.9 Å². The van der Waals surface area contributed by atoms with Crippen LogP contribution in [0, 0.1) is 5.92 Å². The summed E-state index contributed by atoms with van der Waals surface area (Å²) in [5.41, 5.74) is 7.30. The Morgan fingerprint density at radius 1 is 1.67 bits per heavy atom. The zero-order valence-corrected chi connectivity index (χ0v) is 9.99. The van der Waals surface area contributed by atoms with Gasteiger partial charge in [0.1, 0.15) is 0 Å². The quantitative estimate of drug-likeness (QED) is 0.718. The molecule has 2 atom stereocenters. The zero-order chi connectivity index (χ0) is 11.4. The van der Waals surface area contributed by atoms with Crippen LogP contribution in [0.15, 0.2) is 11.6 Å². The van der Waals surface area contributed by atoms with Crippen molar-refractivity contribution in [3.05, 3.63) is 11.6 Å². The van der Waals surface area contributed by atoms with Gasteiger partial charge in [-0.2, -0.15) is 0 Å². The Morgan fingerprint density at radius 2 is 2.33 bits per heavy atom. The minimum Gasteiger partial charge on any atom is -0.337 e. The standard InChI is InChI=1S/C12H22N2O/c1-4-10(3)11(13)12(15)14-7-5-9(2)6-8-14/h5,10-11H,4,6-8,13H2,1-3H3. The van der Waals surface area contributed by atoms with Crippen molar-refractivity contribution in [3.63, 3.8) is 0 Å². The van der Waals surface area contributed by atoms with Crippen LogP contribution < -0.4 is 5.73 Å². The molecule has 0 aromatic carbocycles. The first-order valence-corrected chi connectivity index (χ1v) is 5.76. The van der Waals surface area contributed by atoms with Crippen LogP contribution >= 0.6 is 0 Å². The molecule has 0 radical (unpaired) electrons. The van der Waals surface area contributed by atoms with E-state index in [0.29, 0.717) is 0 Å². The van der Waals surface area contributed by atoms with Crippen LogP contribution in [0.2, 0.25) is 0 Å². The summed E-state index contributed by atoms with van der Waals surface area (Å²) in [5, 5.41) is 0. The number of nitrogens with two attached hydrogens (primary N) is 1. The van der Waals surface area contributed by atoms with E-state index >= 15 is 0 Å². The fourth-order valence-corrected chi connectivity index (χ4v) is 1.68. The summed E-state index contributed by atoms with van der Waals surface area (Å²) in [5.74, 6) is 0.373. The highest BCUT2D eigenvalue weighted by atomic mass is 16.2. The molecule has 0 aliphatic carbocycles. The molecular formula is C12H22N2O. The van der Waals surface area contributed by atoms with Crippen LogP contribution in [-0.4, -0.2) is 29.9 Å². The van der Waals surface area contributed by atoms with Crippen LogP contribution in [0.1, 0.15) is 33.6 Å². The maximum Gasteiger partial charge on any atom is 0.240 e. The Hall–Kier alpha value is -0.830. The number of carbonyl (C=O) groups excluding carboxylic acids is 1. The highest BCUT2D eigenvalue weighted by Gasteiger charge is 2.25. The fourth-order valence-electron chi connectivity index (χ4n) is 1.68. The lowest BCUT2D eigenvalue weighted by molar-refractivity contribution is -0.133. The van der Waals surface area contributed by atoms with E-state index in [9.17, 15) is 4.79 Å². The lowest BCUT2D eigenvalue weighted by Gasteiger charge is -2.29. The summed E-state index contributed by atoms with van der Waals surface area (Å²) in [6, 6.07) is -0.332. The van der Waals surface area contributed by atoms with Gasteiger partial charge < -0.3 is 10.6 Å². The topological polar surface area (TPSA) is 46.3 Å². The highest BCUT2D eigenvalue weighted by Crippen LogP contribution is 2.13. The van der Waals surface area contributed by atoms with Gasteiger partial charge in [0.05, 0.1) is 6.04 Å². The summed E-state index contributed by atoms with van der Waals surface area (Å²) in [4.78, 5) is 13.8. The van der Waals surface area contributed by atoms with Gasteiger partial charge in [0.15, 0.2) is 0 Å². The number of hydrogen-bond acceptors (Lipinski definition) is 2. The average Bonchev–Trinajstić information content (AvgIpc) is 2.27. The van der Waals surface area contributed by atoms with E-state index in [1.165, 1.54) is 5.57 Å². The first-order chi connectivity index (χ1) is 7.06. The molecule has 3 nitrogen and oxygen atoms in total. The molecule has 15 heavy (non-hydrogen) atoms. The lowest BCUT2D eigenvalue weighted by atomic mass is 9.98. The molecule has 0 fully saturated rings. The molecule has 0 aromatic rings. The highest BCUT2D eigenvalue weighted by molar-refractivity contribution is 5.82. The minimum absolute atomic E-state index is 0.105. The molecule has 0 saturated carbocycles. The third kappa shape index (κ3) is 3.06. The van der Waals surface area contributed by atoms with Gasteiger partial charge in [-0.1, -0.05) is 31.9 Å². The zero-order valence-electron chi connectivity index (χ0n) is 9.99. The van der Waals surface area contributed by atoms with E-state index in [1.807, 2.05) is 11.8 Å². The van der Waals surface area contributed by atoms with Gasteiger partial charge in [-0.25, -0.2) is 0 Å². The van der Waals surface area contributed by atoms with Crippen molar-refractivity contribution < 1.29 is 4.79 Å². The summed E-state index contributed by atoms with van der Waals surface area (Å²) in [6.07, 6.45) is 4.05. The van der Waals surface area contributed by atoms with Gasteiger partial charge in [0.25, 0.3) is 0 Å². The molecule has 1 aliphatic heterocycles. The van der Waals surface area contributed by atoms with Crippen molar-refractivity contribution >= 4 is 5.91 Å². The number of hydrogen-bond donors (Lipinski definition) is 1. The normalized spacial score (nSPS) is 20.8. The van der Waals surface area contributed by atoms with Crippen LogP contribution in [0.3, 0.4) is 0 Å². The largest absolute Gasteiger partial charge is 0.337 e. The molecule has 1 amide bonds. The summed E-state index contributed by atoms with van der Waals surface area (Å²) < 4.78 is 0. The molecule has 86 valence electrons. The first-order valence-electron chi connectivity index (χ1n) is 5.76. The van der Waals surface area contributed by atoms with Gasteiger partial charge in [0, 0.05) is 13.1 Å². The van der Waals surface area contributed by atoms with Gasteiger partial charge in [0.2, 0.25) is 5.91 Å². The van der Waals surface area contributed by atoms with E-state index < -0.39 is 0 Å². The average molecular weight is 210 g/mol. The first kappa shape index (κ1) is 12.2.